The largest absolute Gasteiger partial charge is 0.365 e. The Morgan fingerprint density at radius 3 is 2.42 bits per heavy atom. The Bertz CT molecular complexity index is 428. The maximum atomic E-state index is 12.2. The second-order valence-corrected chi connectivity index (χ2v) is 4.84. The first-order valence-corrected chi connectivity index (χ1v) is 6.88. The molecule has 5 heteroatoms. The van der Waals surface area contributed by atoms with Gasteiger partial charge in [-0.2, -0.15) is 0 Å². The molecule has 1 fully saturated rings. The van der Waals surface area contributed by atoms with Crippen molar-refractivity contribution in [2.24, 2.45) is 0 Å². The molecule has 1 N–H and O–H groups in total. The second kappa shape index (κ2) is 6.41. The number of hydrogen-bond acceptors (Lipinski definition) is 2. The fourth-order valence-corrected chi connectivity index (χ4v) is 2.39. The van der Waals surface area contributed by atoms with E-state index < -0.39 is 0 Å². The average Bonchev–Trinajstić information content (AvgIpc) is 2.79. The molecule has 1 aromatic rings. The predicted octanol–water partition coefficient (Wildman–Crippen LogP) is 1.03. The number of carbonyl (C=O) groups excluding carboxylic acids is 2. The molecular formula is C14H21N3O2. The minimum atomic E-state index is 0.133. The minimum absolute atomic E-state index is 0.133. The molecule has 1 aliphatic rings. The van der Waals surface area contributed by atoms with E-state index in [9.17, 15) is 9.59 Å². The fourth-order valence-electron chi connectivity index (χ4n) is 2.39. The van der Waals surface area contributed by atoms with Crippen molar-refractivity contribution in [3.63, 3.8) is 0 Å². The number of nitrogens with one attached hydrogen (secondary N) is 1. The summed E-state index contributed by atoms with van der Waals surface area (Å²) in [4.78, 5) is 30.6. The van der Waals surface area contributed by atoms with Crippen molar-refractivity contribution < 1.29 is 9.59 Å². The Hall–Kier alpha value is -1.78. The predicted molar refractivity (Wildman–Crippen MR) is 72.6 cm³/mol. The number of amides is 2. The van der Waals surface area contributed by atoms with Crippen LogP contribution in [0.2, 0.25) is 0 Å². The molecule has 19 heavy (non-hydrogen) atoms. The SMILES string of the molecule is CCC(=O)N1CCCN(C(=O)Cc2ccc[nH]2)CC1. The summed E-state index contributed by atoms with van der Waals surface area (Å²) in [6, 6.07) is 3.81. The minimum Gasteiger partial charge on any atom is -0.365 e. The van der Waals surface area contributed by atoms with Crippen LogP contribution >= 0.6 is 0 Å². The molecule has 0 spiro atoms. The Morgan fingerprint density at radius 2 is 1.84 bits per heavy atom. The lowest BCUT2D eigenvalue weighted by atomic mass is 10.2. The lowest BCUT2D eigenvalue weighted by Gasteiger charge is -2.21. The second-order valence-electron chi connectivity index (χ2n) is 4.84. The van der Waals surface area contributed by atoms with E-state index in [-0.39, 0.29) is 11.8 Å². The highest BCUT2D eigenvalue weighted by molar-refractivity contribution is 5.79. The normalized spacial score (nSPS) is 16.3. The third-order valence-corrected chi connectivity index (χ3v) is 3.51. The Labute approximate surface area is 113 Å². The molecule has 0 radical (unpaired) electrons. The van der Waals surface area contributed by atoms with Crippen LogP contribution in [0.5, 0.6) is 0 Å². The van der Waals surface area contributed by atoms with Gasteiger partial charge in [-0.05, 0) is 18.6 Å². The lowest BCUT2D eigenvalue weighted by molar-refractivity contribution is -0.133. The maximum absolute atomic E-state index is 12.2. The van der Waals surface area contributed by atoms with Crippen LogP contribution in [0, 0.1) is 0 Å². The standard InChI is InChI=1S/C14H21N3O2/c1-2-13(18)16-7-4-8-17(10-9-16)14(19)11-12-5-3-6-15-12/h3,5-6,15H,2,4,7-11H2,1H3. The zero-order valence-corrected chi connectivity index (χ0v) is 11.4. The fraction of sp³-hybridized carbons (Fsp3) is 0.571. The maximum Gasteiger partial charge on any atom is 0.228 e. The highest BCUT2D eigenvalue weighted by Gasteiger charge is 2.21. The summed E-state index contributed by atoms with van der Waals surface area (Å²) in [6.45, 7) is 4.68. The first kappa shape index (κ1) is 13.6. The van der Waals surface area contributed by atoms with Crippen LogP contribution in [-0.2, 0) is 16.0 Å². The molecule has 1 saturated heterocycles. The molecule has 1 aromatic heterocycles. The Balaban J connectivity index is 1.88. The van der Waals surface area contributed by atoms with Crippen LogP contribution in [0.1, 0.15) is 25.5 Å². The molecule has 0 saturated carbocycles. The van der Waals surface area contributed by atoms with Gasteiger partial charge in [0.1, 0.15) is 0 Å². The molecular weight excluding hydrogens is 242 g/mol. The van der Waals surface area contributed by atoms with Gasteiger partial charge in [-0.1, -0.05) is 6.92 Å². The first-order valence-electron chi connectivity index (χ1n) is 6.88. The molecule has 0 aliphatic carbocycles. The molecule has 5 nitrogen and oxygen atoms in total. The van der Waals surface area contributed by atoms with E-state index in [1.807, 2.05) is 35.1 Å². The van der Waals surface area contributed by atoms with Crippen LogP contribution < -0.4 is 0 Å². The highest BCUT2D eigenvalue weighted by atomic mass is 16.2. The summed E-state index contributed by atoms with van der Waals surface area (Å²) < 4.78 is 0. The molecule has 2 amide bonds. The van der Waals surface area contributed by atoms with E-state index in [0.29, 0.717) is 25.9 Å². The lowest BCUT2D eigenvalue weighted by Crippen LogP contribution is -2.37. The molecule has 0 atom stereocenters. The van der Waals surface area contributed by atoms with Crippen molar-refractivity contribution in [1.82, 2.24) is 14.8 Å². The Morgan fingerprint density at radius 1 is 1.16 bits per heavy atom. The van der Waals surface area contributed by atoms with Gasteiger partial charge in [0, 0.05) is 44.5 Å². The van der Waals surface area contributed by atoms with E-state index in [2.05, 4.69) is 4.98 Å². The number of nitrogens with zero attached hydrogens (tertiary/aromatic N) is 2. The number of carbonyl (C=O) groups is 2. The van der Waals surface area contributed by atoms with Crippen LogP contribution in [0.4, 0.5) is 0 Å². The number of rotatable bonds is 3. The van der Waals surface area contributed by atoms with Gasteiger partial charge in [0.15, 0.2) is 0 Å². The highest BCUT2D eigenvalue weighted by Crippen LogP contribution is 2.07. The summed E-state index contributed by atoms with van der Waals surface area (Å²) in [5, 5.41) is 0. The average molecular weight is 263 g/mol. The number of aromatic nitrogens is 1. The van der Waals surface area contributed by atoms with Crippen LogP contribution in [0.15, 0.2) is 18.3 Å². The molecule has 0 bridgehead atoms. The van der Waals surface area contributed by atoms with E-state index in [4.69, 9.17) is 0 Å². The zero-order valence-electron chi connectivity index (χ0n) is 11.4. The summed E-state index contributed by atoms with van der Waals surface area (Å²) in [5.41, 5.74) is 0.940. The van der Waals surface area contributed by atoms with Gasteiger partial charge >= 0.3 is 0 Å². The summed E-state index contributed by atoms with van der Waals surface area (Å²) >= 11 is 0. The van der Waals surface area contributed by atoms with Gasteiger partial charge in [0.2, 0.25) is 11.8 Å². The van der Waals surface area contributed by atoms with Gasteiger partial charge in [-0.25, -0.2) is 0 Å². The van der Waals surface area contributed by atoms with Crippen LogP contribution in [-0.4, -0.2) is 52.8 Å². The summed E-state index contributed by atoms with van der Waals surface area (Å²) in [7, 11) is 0. The Kier molecular flexibility index (Phi) is 4.60. The van der Waals surface area contributed by atoms with Crippen LogP contribution in [0.25, 0.3) is 0 Å². The quantitative estimate of drug-likeness (QED) is 0.885. The van der Waals surface area contributed by atoms with Crippen molar-refractivity contribution >= 4 is 11.8 Å². The molecule has 0 aromatic carbocycles. The van der Waals surface area contributed by atoms with Gasteiger partial charge in [0.05, 0.1) is 6.42 Å². The topological polar surface area (TPSA) is 56.4 Å². The third-order valence-electron chi connectivity index (χ3n) is 3.51. The molecule has 0 unspecified atom stereocenters. The van der Waals surface area contributed by atoms with E-state index in [1.165, 1.54) is 0 Å². The van der Waals surface area contributed by atoms with Crippen molar-refractivity contribution in [2.75, 3.05) is 26.2 Å². The molecule has 2 heterocycles. The number of H-pyrrole nitrogens is 1. The van der Waals surface area contributed by atoms with E-state index in [0.717, 1.165) is 25.2 Å². The van der Waals surface area contributed by atoms with E-state index >= 15 is 0 Å². The van der Waals surface area contributed by atoms with Gasteiger partial charge < -0.3 is 14.8 Å². The summed E-state index contributed by atoms with van der Waals surface area (Å²) in [6.07, 6.45) is 3.64. The number of hydrogen-bond donors (Lipinski definition) is 1. The van der Waals surface area contributed by atoms with Crippen molar-refractivity contribution in [3.8, 4) is 0 Å². The monoisotopic (exact) mass is 263 g/mol. The molecule has 2 rings (SSSR count). The zero-order chi connectivity index (χ0) is 13.7. The molecule has 1 aliphatic heterocycles. The van der Waals surface area contributed by atoms with Gasteiger partial charge in [0.25, 0.3) is 0 Å². The first-order chi connectivity index (χ1) is 9.20. The van der Waals surface area contributed by atoms with Crippen LogP contribution in [0.3, 0.4) is 0 Å². The molecule has 104 valence electrons. The summed E-state index contributed by atoms with van der Waals surface area (Å²) in [5.74, 6) is 0.312. The van der Waals surface area contributed by atoms with Gasteiger partial charge in [-0.3, -0.25) is 9.59 Å². The van der Waals surface area contributed by atoms with Crippen molar-refractivity contribution in [1.29, 1.82) is 0 Å². The smallest absolute Gasteiger partial charge is 0.228 e. The van der Waals surface area contributed by atoms with E-state index in [1.54, 1.807) is 0 Å². The number of aromatic amines is 1. The van der Waals surface area contributed by atoms with Crippen molar-refractivity contribution in [3.05, 3.63) is 24.0 Å². The van der Waals surface area contributed by atoms with Crippen molar-refractivity contribution in [2.45, 2.75) is 26.2 Å². The van der Waals surface area contributed by atoms with Gasteiger partial charge in [-0.15, -0.1) is 0 Å². The third kappa shape index (κ3) is 3.59.